The molecule has 0 fully saturated rings. The summed E-state index contributed by atoms with van der Waals surface area (Å²) in [6.45, 7) is 2.85. The molecule has 0 bridgehead atoms. The summed E-state index contributed by atoms with van der Waals surface area (Å²) < 4.78 is 4.67. The molecule has 0 spiro atoms. The van der Waals surface area contributed by atoms with Crippen LogP contribution in [0.2, 0.25) is 0 Å². The molecule has 1 unspecified atom stereocenters. The van der Waals surface area contributed by atoms with Crippen molar-refractivity contribution in [3.8, 4) is 0 Å². The van der Waals surface area contributed by atoms with Gasteiger partial charge < -0.3 is 15.8 Å². The van der Waals surface area contributed by atoms with Crippen molar-refractivity contribution in [2.75, 3.05) is 19.0 Å². The molecule has 0 radical (unpaired) electrons. The van der Waals surface area contributed by atoms with E-state index in [0.29, 0.717) is 5.56 Å². The summed E-state index contributed by atoms with van der Waals surface area (Å²) in [5.74, 6) is -0.316. The fourth-order valence-corrected chi connectivity index (χ4v) is 1.53. The minimum atomic E-state index is -0.316. The molecule has 0 aromatic heterocycles. The van der Waals surface area contributed by atoms with Gasteiger partial charge in [0.05, 0.1) is 12.7 Å². The molecule has 0 saturated carbocycles. The topological polar surface area (TPSA) is 64.3 Å². The number of anilines is 1. The van der Waals surface area contributed by atoms with Crippen LogP contribution in [0.5, 0.6) is 0 Å². The van der Waals surface area contributed by atoms with E-state index in [1.807, 2.05) is 19.1 Å². The Morgan fingerprint density at radius 1 is 1.53 bits per heavy atom. The van der Waals surface area contributed by atoms with Gasteiger partial charge in [-0.05, 0) is 38.0 Å². The van der Waals surface area contributed by atoms with E-state index in [-0.39, 0.29) is 12.0 Å². The van der Waals surface area contributed by atoms with Crippen molar-refractivity contribution in [2.45, 2.75) is 25.8 Å². The Hall–Kier alpha value is -1.55. The summed E-state index contributed by atoms with van der Waals surface area (Å²) in [6, 6.07) is 7.52. The predicted molar refractivity (Wildman–Crippen MR) is 69.2 cm³/mol. The number of methoxy groups -OCH3 is 1. The summed E-state index contributed by atoms with van der Waals surface area (Å²) in [4.78, 5) is 11.3. The lowest BCUT2D eigenvalue weighted by Gasteiger charge is -2.08. The second-order valence-electron chi connectivity index (χ2n) is 4.12. The largest absolute Gasteiger partial charge is 0.465 e. The molecule has 17 heavy (non-hydrogen) atoms. The minimum absolute atomic E-state index is 0.234. The quantitative estimate of drug-likeness (QED) is 0.586. The Morgan fingerprint density at radius 2 is 2.29 bits per heavy atom. The Labute approximate surface area is 102 Å². The number of rotatable bonds is 6. The van der Waals surface area contributed by atoms with Gasteiger partial charge in [-0.15, -0.1) is 0 Å². The van der Waals surface area contributed by atoms with Crippen molar-refractivity contribution < 1.29 is 9.53 Å². The van der Waals surface area contributed by atoms with Crippen molar-refractivity contribution in [3.63, 3.8) is 0 Å². The number of hydrogen-bond donors (Lipinski definition) is 2. The zero-order valence-electron chi connectivity index (χ0n) is 10.4. The molecule has 0 amide bonds. The highest BCUT2D eigenvalue weighted by Crippen LogP contribution is 2.11. The van der Waals surface area contributed by atoms with Gasteiger partial charge in [0.1, 0.15) is 0 Å². The van der Waals surface area contributed by atoms with Gasteiger partial charge in [-0.1, -0.05) is 6.07 Å². The molecule has 0 heterocycles. The molecule has 94 valence electrons. The monoisotopic (exact) mass is 236 g/mol. The molecule has 4 nitrogen and oxygen atoms in total. The Bertz CT molecular complexity index is 364. The molecule has 0 saturated heterocycles. The van der Waals surface area contributed by atoms with Gasteiger partial charge in [0.15, 0.2) is 0 Å². The van der Waals surface area contributed by atoms with Crippen LogP contribution in [0.4, 0.5) is 5.69 Å². The van der Waals surface area contributed by atoms with Gasteiger partial charge >= 0.3 is 5.97 Å². The number of esters is 1. The van der Waals surface area contributed by atoms with Crippen LogP contribution in [-0.4, -0.2) is 25.7 Å². The molecule has 3 N–H and O–H groups in total. The minimum Gasteiger partial charge on any atom is -0.465 e. The average molecular weight is 236 g/mol. The van der Waals surface area contributed by atoms with Crippen LogP contribution >= 0.6 is 0 Å². The van der Waals surface area contributed by atoms with Crippen molar-refractivity contribution in [2.24, 2.45) is 5.73 Å². The first kappa shape index (κ1) is 13.5. The van der Waals surface area contributed by atoms with Gasteiger partial charge in [-0.2, -0.15) is 0 Å². The number of hydrogen-bond acceptors (Lipinski definition) is 4. The third-order valence-corrected chi connectivity index (χ3v) is 2.45. The van der Waals surface area contributed by atoms with E-state index in [1.54, 1.807) is 12.1 Å². The first-order valence-electron chi connectivity index (χ1n) is 5.81. The van der Waals surface area contributed by atoms with Crippen molar-refractivity contribution >= 4 is 11.7 Å². The van der Waals surface area contributed by atoms with Crippen LogP contribution in [0.1, 0.15) is 30.1 Å². The Morgan fingerprint density at radius 3 is 2.94 bits per heavy atom. The van der Waals surface area contributed by atoms with E-state index in [0.717, 1.165) is 25.1 Å². The third kappa shape index (κ3) is 4.87. The number of benzene rings is 1. The Balaban J connectivity index is 2.46. The van der Waals surface area contributed by atoms with E-state index in [2.05, 4.69) is 10.1 Å². The molecular weight excluding hydrogens is 216 g/mol. The number of carbonyl (C=O) groups excluding carboxylic acids is 1. The fourth-order valence-electron chi connectivity index (χ4n) is 1.53. The van der Waals surface area contributed by atoms with Crippen molar-refractivity contribution in [1.29, 1.82) is 0 Å². The maximum Gasteiger partial charge on any atom is 0.337 e. The first-order chi connectivity index (χ1) is 8.13. The average Bonchev–Trinajstić information content (AvgIpc) is 2.34. The molecule has 0 aliphatic carbocycles. The Kier molecular flexibility index (Phi) is 5.49. The lowest BCUT2D eigenvalue weighted by Crippen LogP contribution is -2.16. The lowest BCUT2D eigenvalue weighted by atomic mass is 10.2. The highest BCUT2D eigenvalue weighted by atomic mass is 16.5. The van der Waals surface area contributed by atoms with Crippen molar-refractivity contribution in [3.05, 3.63) is 29.8 Å². The summed E-state index contributed by atoms with van der Waals surface area (Å²) >= 11 is 0. The first-order valence-corrected chi connectivity index (χ1v) is 5.81. The highest BCUT2D eigenvalue weighted by molar-refractivity contribution is 5.90. The number of ether oxygens (including phenoxy) is 1. The fraction of sp³-hybridized carbons (Fsp3) is 0.462. The molecule has 1 aromatic rings. The number of carbonyl (C=O) groups is 1. The molecule has 1 aromatic carbocycles. The van der Waals surface area contributed by atoms with Crippen LogP contribution in [0, 0.1) is 0 Å². The van der Waals surface area contributed by atoms with E-state index < -0.39 is 0 Å². The number of nitrogens with two attached hydrogens (primary N) is 1. The van der Waals surface area contributed by atoms with Gasteiger partial charge in [0, 0.05) is 18.3 Å². The van der Waals surface area contributed by atoms with Crippen LogP contribution in [-0.2, 0) is 4.74 Å². The van der Waals surface area contributed by atoms with Crippen LogP contribution in [0.25, 0.3) is 0 Å². The second-order valence-corrected chi connectivity index (χ2v) is 4.12. The summed E-state index contributed by atoms with van der Waals surface area (Å²) in [6.07, 6.45) is 2.00. The molecule has 1 rings (SSSR count). The van der Waals surface area contributed by atoms with E-state index in [1.165, 1.54) is 7.11 Å². The zero-order chi connectivity index (χ0) is 12.7. The van der Waals surface area contributed by atoms with Gasteiger partial charge in [0.25, 0.3) is 0 Å². The highest BCUT2D eigenvalue weighted by Gasteiger charge is 2.05. The van der Waals surface area contributed by atoms with Gasteiger partial charge in [0.2, 0.25) is 0 Å². The number of nitrogens with one attached hydrogen (secondary N) is 1. The smallest absolute Gasteiger partial charge is 0.337 e. The SMILES string of the molecule is COC(=O)c1cccc(NCCCC(C)N)c1. The van der Waals surface area contributed by atoms with Crippen LogP contribution in [0.3, 0.4) is 0 Å². The molecular formula is C13H20N2O2. The summed E-state index contributed by atoms with van der Waals surface area (Å²) in [5.41, 5.74) is 7.15. The zero-order valence-corrected chi connectivity index (χ0v) is 10.4. The van der Waals surface area contributed by atoms with E-state index >= 15 is 0 Å². The maximum atomic E-state index is 11.3. The van der Waals surface area contributed by atoms with Crippen LogP contribution < -0.4 is 11.1 Å². The van der Waals surface area contributed by atoms with Crippen LogP contribution in [0.15, 0.2) is 24.3 Å². The van der Waals surface area contributed by atoms with Gasteiger partial charge in [-0.3, -0.25) is 0 Å². The lowest BCUT2D eigenvalue weighted by molar-refractivity contribution is 0.0601. The molecule has 4 heteroatoms. The summed E-state index contributed by atoms with van der Waals surface area (Å²) in [7, 11) is 1.38. The third-order valence-electron chi connectivity index (χ3n) is 2.45. The predicted octanol–water partition coefficient (Wildman–Crippen LogP) is 2.01. The second kappa shape index (κ2) is 6.91. The van der Waals surface area contributed by atoms with Gasteiger partial charge in [-0.25, -0.2) is 4.79 Å². The normalized spacial score (nSPS) is 11.9. The molecule has 0 aliphatic rings. The standard InChI is InChI=1S/C13H20N2O2/c1-10(14)5-4-8-15-12-7-3-6-11(9-12)13(16)17-2/h3,6-7,9-10,15H,4-5,8,14H2,1-2H3. The van der Waals surface area contributed by atoms with E-state index in [4.69, 9.17) is 5.73 Å². The van der Waals surface area contributed by atoms with E-state index in [9.17, 15) is 4.79 Å². The molecule has 1 atom stereocenters. The molecule has 0 aliphatic heterocycles. The maximum absolute atomic E-state index is 11.3. The summed E-state index contributed by atoms with van der Waals surface area (Å²) in [5, 5.41) is 3.26. The van der Waals surface area contributed by atoms with Crippen molar-refractivity contribution in [1.82, 2.24) is 0 Å².